The van der Waals surface area contributed by atoms with Gasteiger partial charge in [-0.25, -0.2) is 4.99 Å². The van der Waals surface area contributed by atoms with Gasteiger partial charge >= 0.3 is 0 Å². The molecule has 0 saturated carbocycles. The molecule has 2 amide bonds. The molecule has 2 aromatic heterocycles. The van der Waals surface area contributed by atoms with E-state index in [4.69, 9.17) is 4.74 Å². The molecular formula is C21H24N6O3. The Hall–Kier alpha value is -3.59. The molecule has 0 aromatic carbocycles. The van der Waals surface area contributed by atoms with Crippen LogP contribution in [0.5, 0.6) is 0 Å². The summed E-state index contributed by atoms with van der Waals surface area (Å²) in [7, 11) is 1.66. The van der Waals surface area contributed by atoms with E-state index in [0.29, 0.717) is 25.5 Å². The van der Waals surface area contributed by atoms with E-state index in [1.54, 1.807) is 25.5 Å². The lowest BCUT2D eigenvalue weighted by atomic mass is 10.1. The third-order valence-corrected chi connectivity index (χ3v) is 4.38. The van der Waals surface area contributed by atoms with Gasteiger partial charge in [0, 0.05) is 43.9 Å². The van der Waals surface area contributed by atoms with Gasteiger partial charge in [-0.15, -0.1) is 0 Å². The Kier molecular flexibility index (Phi) is 6.87. The third kappa shape index (κ3) is 5.26. The number of aliphatic imine (C=N–C) groups is 1. The summed E-state index contributed by atoms with van der Waals surface area (Å²) in [4.78, 5) is 33.9. The van der Waals surface area contributed by atoms with Crippen molar-refractivity contribution in [2.75, 3.05) is 25.1 Å². The molecule has 2 aromatic rings. The number of aromatic nitrogens is 3. The van der Waals surface area contributed by atoms with Crippen LogP contribution in [0.15, 0.2) is 48.8 Å². The van der Waals surface area contributed by atoms with Crippen molar-refractivity contribution in [2.45, 2.75) is 12.8 Å². The fourth-order valence-electron chi connectivity index (χ4n) is 2.91. The Labute approximate surface area is 174 Å². The normalized spacial score (nSPS) is 16.4. The lowest BCUT2D eigenvalue weighted by Gasteiger charge is -2.09. The van der Waals surface area contributed by atoms with Crippen LogP contribution in [0.2, 0.25) is 0 Å². The molecule has 0 unspecified atom stereocenters. The maximum atomic E-state index is 12.7. The highest BCUT2D eigenvalue weighted by atomic mass is 16.5. The van der Waals surface area contributed by atoms with Crippen molar-refractivity contribution >= 4 is 28.9 Å². The van der Waals surface area contributed by atoms with Gasteiger partial charge in [-0.1, -0.05) is 13.2 Å². The first kappa shape index (κ1) is 21.1. The summed E-state index contributed by atoms with van der Waals surface area (Å²) in [5.74, 6) is -0.928. The van der Waals surface area contributed by atoms with Crippen LogP contribution in [0, 0.1) is 0 Å². The minimum absolute atomic E-state index is 0.0723. The number of aryl methyl sites for hydroxylation is 2. The molecule has 2 bridgehead atoms. The van der Waals surface area contributed by atoms with Crippen LogP contribution >= 0.6 is 0 Å². The summed E-state index contributed by atoms with van der Waals surface area (Å²) < 4.78 is 7.02. The Bertz CT molecular complexity index is 1010. The maximum Gasteiger partial charge on any atom is 0.274 e. The minimum atomic E-state index is -0.521. The van der Waals surface area contributed by atoms with E-state index in [1.165, 1.54) is 10.8 Å². The lowest BCUT2D eigenvalue weighted by molar-refractivity contribution is -0.110. The summed E-state index contributed by atoms with van der Waals surface area (Å²) in [6.45, 7) is 8.88. The molecule has 3 heterocycles. The van der Waals surface area contributed by atoms with Crippen molar-refractivity contribution < 1.29 is 14.3 Å². The Morgan fingerprint density at radius 2 is 2.10 bits per heavy atom. The fourth-order valence-corrected chi connectivity index (χ4v) is 2.91. The molecule has 30 heavy (non-hydrogen) atoms. The maximum absolute atomic E-state index is 12.7. The highest BCUT2D eigenvalue weighted by Gasteiger charge is 2.19. The molecule has 2 N–H and O–H groups in total. The number of rotatable bonds is 1. The fraction of sp³-hybridized carbons (Fsp3) is 0.286. The van der Waals surface area contributed by atoms with Gasteiger partial charge in [0.2, 0.25) is 0 Å². The molecule has 0 atom stereocenters. The molecule has 0 fully saturated rings. The molecule has 0 aliphatic carbocycles. The average molecular weight is 408 g/mol. The highest BCUT2D eigenvalue weighted by Crippen LogP contribution is 2.17. The van der Waals surface area contributed by atoms with Crippen molar-refractivity contribution in [3.05, 3.63) is 60.7 Å². The molecule has 1 aliphatic heterocycles. The van der Waals surface area contributed by atoms with Gasteiger partial charge in [0.05, 0.1) is 18.0 Å². The number of ether oxygens (including phenoxy) is 1. The van der Waals surface area contributed by atoms with Crippen molar-refractivity contribution in [1.29, 1.82) is 0 Å². The zero-order valence-electron chi connectivity index (χ0n) is 16.9. The van der Waals surface area contributed by atoms with Gasteiger partial charge in [0.25, 0.3) is 11.8 Å². The van der Waals surface area contributed by atoms with Gasteiger partial charge < -0.3 is 15.4 Å². The molecule has 0 radical (unpaired) electrons. The molecule has 0 saturated heterocycles. The first-order valence-corrected chi connectivity index (χ1v) is 9.54. The minimum Gasteiger partial charge on any atom is -0.380 e. The second-order valence-corrected chi connectivity index (χ2v) is 6.67. The molecule has 3 rings (SSSR count). The van der Waals surface area contributed by atoms with Gasteiger partial charge in [-0.05, 0) is 31.1 Å². The largest absolute Gasteiger partial charge is 0.380 e. The smallest absolute Gasteiger partial charge is 0.274 e. The quantitative estimate of drug-likeness (QED) is 0.747. The van der Waals surface area contributed by atoms with Crippen LogP contribution in [0.4, 0.5) is 5.69 Å². The van der Waals surface area contributed by atoms with Gasteiger partial charge in [0.15, 0.2) is 5.69 Å². The number of fused-ring (bicyclic) bond motifs is 3. The SMILES string of the molecule is C=CC1=NC(=C)c2ccnc(c2)CCCOCCNC(=O)c2nn(C)cc2NC1=O. The van der Waals surface area contributed by atoms with E-state index in [2.05, 4.69) is 38.9 Å². The molecule has 0 spiro atoms. The number of nitrogens with zero attached hydrogens (tertiary/aromatic N) is 4. The Morgan fingerprint density at radius 1 is 1.27 bits per heavy atom. The van der Waals surface area contributed by atoms with E-state index in [1.807, 2.05) is 6.07 Å². The number of anilines is 1. The number of hydrogen-bond donors (Lipinski definition) is 2. The number of carbonyl (C=O) groups excluding carboxylic acids is 2. The second kappa shape index (κ2) is 9.75. The van der Waals surface area contributed by atoms with Crippen LogP contribution < -0.4 is 10.6 Å². The topological polar surface area (TPSA) is 110 Å². The number of nitrogens with one attached hydrogen (secondary N) is 2. The van der Waals surface area contributed by atoms with Crippen LogP contribution in [0.1, 0.15) is 28.2 Å². The molecule has 9 nitrogen and oxygen atoms in total. The molecule has 156 valence electrons. The van der Waals surface area contributed by atoms with Crippen molar-refractivity contribution in [3.8, 4) is 0 Å². The van der Waals surface area contributed by atoms with Crippen LogP contribution in [-0.4, -0.2) is 52.0 Å². The van der Waals surface area contributed by atoms with Crippen LogP contribution in [0.25, 0.3) is 5.70 Å². The molecular weight excluding hydrogens is 384 g/mol. The van der Waals surface area contributed by atoms with Crippen molar-refractivity contribution in [2.24, 2.45) is 12.0 Å². The summed E-state index contributed by atoms with van der Waals surface area (Å²) >= 11 is 0. The van der Waals surface area contributed by atoms with Crippen molar-refractivity contribution in [1.82, 2.24) is 20.1 Å². The number of pyridine rings is 1. The second-order valence-electron chi connectivity index (χ2n) is 6.67. The van der Waals surface area contributed by atoms with Gasteiger partial charge in [-0.2, -0.15) is 5.10 Å². The number of carbonyl (C=O) groups is 2. The lowest BCUT2D eigenvalue weighted by Crippen LogP contribution is -2.29. The molecule has 1 aliphatic rings. The van der Waals surface area contributed by atoms with Gasteiger partial charge in [-0.3, -0.25) is 19.3 Å². The highest BCUT2D eigenvalue weighted by molar-refractivity contribution is 6.47. The summed E-state index contributed by atoms with van der Waals surface area (Å²) in [5, 5.41) is 9.55. The number of hydrogen-bond acceptors (Lipinski definition) is 6. The zero-order valence-corrected chi connectivity index (χ0v) is 16.9. The Balaban J connectivity index is 1.92. The zero-order chi connectivity index (χ0) is 21.5. The third-order valence-electron chi connectivity index (χ3n) is 4.38. The van der Waals surface area contributed by atoms with Crippen molar-refractivity contribution in [3.63, 3.8) is 0 Å². The first-order chi connectivity index (χ1) is 14.5. The van der Waals surface area contributed by atoms with E-state index in [-0.39, 0.29) is 17.1 Å². The standard InChI is InChI=1S/C21H24N6O3/c1-4-17-20(28)25-18-13-27(3)26-19(18)21(29)23-9-11-30-10-5-6-16-12-15(7-8-22-16)14(2)24-17/h4,7-8,12-13H,1-2,5-6,9-11H2,3H3,(H,23,29)(H,25,28). The number of amides is 2. The Morgan fingerprint density at radius 3 is 2.90 bits per heavy atom. The monoisotopic (exact) mass is 408 g/mol. The van der Waals surface area contributed by atoms with E-state index in [9.17, 15) is 9.59 Å². The van der Waals surface area contributed by atoms with Crippen LogP contribution in [0.3, 0.4) is 0 Å². The van der Waals surface area contributed by atoms with E-state index in [0.717, 1.165) is 24.1 Å². The summed E-state index contributed by atoms with van der Waals surface area (Å²) in [6, 6.07) is 3.68. The van der Waals surface area contributed by atoms with E-state index < -0.39 is 11.8 Å². The summed E-state index contributed by atoms with van der Waals surface area (Å²) in [6.07, 6.45) is 6.09. The van der Waals surface area contributed by atoms with E-state index >= 15 is 0 Å². The first-order valence-electron chi connectivity index (χ1n) is 9.54. The van der Waals surface area contributed by atoms with Crippen LogP contribution in [-0.2, 0) is 23.0 Å². The predicted molar refractivity (Wildman–Crippen MR) is 114 cm³/mol. The average Bonchev–Trinajstić information content (AvgIpc) is 3.10. The predicted octanol–water partition coefficient (Wildman–Crippen LogP) is 1.74. The summed E-state index contributed by atoms with van der Waals surface area (Å²) in [5.41, 5.74) is 2.50. The van der Waals surface area contributed by atoms with Gasteiger partial charge in [0.1, 0.15) is 5.71 Å². The molecule has 9 heteroatoms.